The maximum Gasteiger partial charge on any atom is 0.234 e. The number of rotatable bonds is 1. The molecule has 0 unspecified atom stereocenters. The van der Waals surface area contributed by atoms with Gasteiger partial charge < -0.3 is 10.8 Å². The summed E-state index contributed by atoms with van der Waals surface area (Å²) in [7, 11) is 0. The van der Waals surface area contributed by atoms with Crippen molar-refractivity contribution in [3.63, 3.8) is 0 Å². The minimum atomic E-state index is -0.331. The summed E-state index contributed by atoms with van der Waals surface area (Å²) in [6.45, 7) is 0. The summed E-state index contributed by atoms with van der Waals surface area (Å²) in [5.41, 5.74) is 12.6. The van der Waals surface area contributed by atoms with Crippen LogP contribution >= 0.6 is 0 Å². The lowest BCUT2D eigenvalue weighted by molar-refractivity contribution is 0.388. The van der Waals surface area contributed by atoms with Crippen LogP contribution in [0.15, 0.2) is 66.2 Å². The van der Waals surface area contributed by atoms with Crippen molar-refractivity contribution in [1.82, 2.24) is 5.53 Å². The number of allylic oxidation sites excluding steroid dienone is 1. The van der Waals surface area contributed by atoms with E-state index in [1.165, 1.54) is 17.1 Å². The first-order valence-electron chi connectivity index (χ1n) is 6.77. The molecule has 0 aromatic heterocycles. The molecule has 6 heteroatoms. The average Bonchev–Trinajstić information content (AvgIpc) is 2.86. The number of nitrogens with one attached hydrogen (secondary N) is 1. The van der Waals surface area contributed by atoms with Crippen LogP contribution in [0.1, 0.15) is 5.56 Å². The van der Waals surface area contributed by atoms with Gasteiger partial charge in [0, 0.05) is 11.3 Å². The van der Waals surface area contributed by atoms with Crippen LogP contribution < -0.4 is 21.3 Å². The fourth-order valence-electron chi connectivity index (χ4n) is 2.64. The number of nitrogens with two attached hydrogens (primary N) is 1. The van der Waals surface area contributed by atoms with Crippen molar-refractivity contribution in [3.8, 4) is 0 Å². The first-order chi connectivity index (χ1) is 10.6. The number of halogens is 1. The third-order valence-electron chi connectivity index (χ3n) is 3.71. The summed E-state index contributed by atoms with van der Waals surface area (Å²) >= 11 is 0. The SMILES string of the molecule is NC1=CC2=C(O)N(c3ccc(F)cc3)NN2c2ccccc21. The van der Waals surface area contributed by atoms with Crippen LogP contribution in [0, 0.1) is 5.82 Å². The Kier molecular flexibility index (Phi) is 2.61. The van der Waals surface area contributed by atoms with E-state index in [1.54, 1.807) is 23.2 Å². The second kappa shape index (κ2) is 4.51. The molecule has 0 bridgehead atoms. The topological polar surface area (TPSA) is 64.8 Å². The van der Waals surface area contributed by atoms with Gasteiger partial charge in [-0.1, -0.05) is 18.2 Å². The predicted octanol–water partition coefficient (Wildman–Crippen LogP) is 2.61. The molecule has 0 radical (unpaired) electrons. The van der Waals surface area contributed by atoms with Gasteiger partial charge in [0.1, 0.15) is 11.5 Å². The molecule has 0 amide bonds. The van der Waals surface area contributed by atoms with Crippen molar-refractivity contribution in [2.24, 2.45) is 5.73 Å². The van der Waals surface area contributed by atoms with Crippen LogP contribution in [0.25, 0.3) is 5.70 Å². The Morgan fingerprint density at radius 2 is 1.73 bits per heavy atom. The molecule has 2 aliphatic heterocycles. The van der Waals surface area contributed by atoms with E-state index in [0.29, 0.717) is 17.1 Å². The minimum absolute atomic E-state index is 0.00376. The van der Waals surface area contributed by atoms with Gasteiger partial charge in [-0.2, -0.15) is 0 Å². The molecule has 2 aliphatic rings. The largest absolute Gasteiger partial charge is 0.492 e. The van der Waals surface area contributed by atoms with E-state index in [4.69, 9.17) is 5.73 Å². The molecule has 2 heterocycles. The Labute approximate surface area is 126 Å². The summed E-state index contributed by atoms with van der Waals surface area (Å²) in [5, 5.41) is 13.7. The third kappa shape index (κ3) is 1.74. The molecule has 0 fully saturated rings. The Balaban J connectivity index is 1.80. The highest BCUT2D eigenvalue weighted by Crippen LogP contribution is 2.37. The zero-order chi connectivity index (χ0) is 15.3. The standard InChI is InChI=1S/C16H13FN4O/c17-10-5-7-11(8-6-10)20-16(22)15-9-13(18)12-3-1-2-4-14(12)21(15)19-20/h1-9,19,22H,18H2. The number of hydrazine groups is 2. The molecule has 4 rings (SSSR count). The van der Waals surface area contributed by atoms with E-state index in [1.807, 2.05) is 24.3 Å². The van der Waals surface area contributed by atoms with Gasteiger partial charge in [-0.15, -0.1) is 5.53 Å². The number of anilines is 2. The summed E-state index contributed by atoms with van der Waals surface area (Å²) in [5.74, 6) is -0.327. The number of benzene rings is 2. The maximum atomic E-state index is 13.1. The quantitative estimate of drug-likeness (QED) is 0.755. The van der Waals surface area contributed by atoms with Crippen LogP contribution in [-0.2, 0) is 0 Å². The van der Waals surface area contributed by atoms with E-state index in [0.717, 1.165) is 11.3 Å². The fraction of sp³-hybridized carbons (Fsp3) is 0. The first kappa shape index (κ1) is 12.7. The van der Waals surface area contributed by atoms with Crippen LogP contribution in [0.4, 0.5) is 15.8 Å². The molecule has 4 N–H and O–H groups in total. The van der Waals surface area contributed by atoms with E-state index in [2.05, 4.69) is 5.53 Å². The highest BCUT2D eigenvalue weighted by molar-refractivity contribution is 5.84. The summed E-state index contributed by atoms with van der Waals surface area (Å²) in [6.07, 6.45) is 1.70. The molecule has 0 saturated heterocycles. The van der Waals surface area contributed by atoms with Crippen LogP contribution in [0.5, 0.6) is 0 Å². The van der Waals surface area contributed by atoms with E-state index in [-0.39, 0.29) is 11.7 Å². The number of fused-ring (bicyclic) bond motifs is 3. The second-order valence-corrected chi connectivity index (χ2v) is 5.07. The summed E-state index contributed by atoms with van der Waals surface area (Å²) in [4.78, 5) is 0. The number of aliphatic hydroxyl groups excluding tert-OH is 1. The van der Waals surface area contributed by atoms with E-state index >= 15 is 0 Å². The Bertz CT molecular complexity index is 813. The van der Waals surface area contributed by atoms with E-state index < -0.39 is 0 Å². The van der Waals surface area contributed by atoms with Crippen molar-refractivity contribution in [2.75, 3.05) is 10.0 Å². The second-order valence-electron chi connectivity index (χ2n) is 5.07. The lowest BCUT2D eigenvalue weighted by Gasteiger charge is -2.28. The molecule has 2 aromatic carbocycles. The summed E-state index contributed by atoms with van der Waals surface area (Å²) < 4.78 is 13.1. The van der Waals surface area contributed by atoms with Gasteiger partial charge in [-0.05, 0) is 36.4 Å². The summed E-state index contributed by atoms with van der Waals surface area (Å²) in [6, 6.07) is 13.5. The predicted molar refractivity (Wildman–Crippen MR) is 82.8 cm³/mol. The van der Waals surface area contributed by atoms with Crippen LogP contribution in [-0.4, -0.2) is 5.11 Å². The molecule has 2 aromatic rings. The van der Waals surface area contributed by atoms with Crippen molar-refractivity contribution in [2.45, 2.75) is 0 Å². The highest BCUT2D eigenvalue weighted by atomic mass is 19.1. The molecule has 0 saturated carbocycles. The molecule has 22 heavy (non-hydrogen) atoms. The minimum Gasteiger partial charge on any atom is -0.492 e. The van der Waals surface area contributed by atoms with E-state index in [9.17, 15) is 9.50 Å². The Morgan fingerprint density at radius 3 is 2.50 bits per heavy atom. The van der Waals surface area contributed by atoms with Gasteiger partial charge in [0.25, 0.3) is 0 Å². The zero-order valence-corrected chi connectivity index (χ0v) is 11.5. The Morgan fingerprint density at radius 1 is 1.00 bits per heavy atom. The third-order valence-corrected chi connectivity index (χ3v) is 3.71. The molecule has 110 valence electrons. The van der Waals surface area contributed by atoms with Crippen LogP contribution in [0.3, 0.4) is 0 Å². The normalized spacial score (nSPS) is 16.5. The van der Waals surface area contributed by atoms with Gasteiger partial charge in [-0.25, -0.2) is 9.40 Å². The van der Waals surface area contributed by atoms with Gasteiger partial charge in [-0.3, -0.25) is 5.01 Å². The lowest BCUT2D eigenvalue weighted by atomic mass is 10.0. The zero-order valence-electron chi connectivity index (χ0n) is 11.5. The van der Waals surface area contributed by atoms with Crippen LogP contribution in [0.2, 0.25) is 0 Å². The van der Waals surface area contributed by atoms with Gasteiger partial charge >= 0.3 is 0 Å². The molecule has 0 aliphatic carbocycles. The number of aliphatic hydroxyl groups is 1. The van der Waals surface area contributed by atoms with Crippen molar-refractivity contribution in [3.05, 3.63) is 77.6 Å². The smallest absolute Gasteiger partial charge is 0.234 e. The van der Waals surface area contributed by atoms with Gasteiger partial charge in [0.15, 0.2) is 0 Å². The maximum absolute atomic E-state index is 13.1. The Hall–Kier alpha value is -2.99. The van der Waals surface area contributed by atoms with Crippen molar-refractivity contribution >= 4 is 17.1 Å². The number of hydrogen-bond donors (Lipinski definition) is 3. The molecule has 0 spiro atoms. The highest BCUT2D eigenvalue weighted by Gasteiger charge is 2.33. The molecule has 5 nitrogen and oxygen atoms in total. The number of nitrogens with zero attached hydrogens (tertiary/aromatic N) is 2. The number of para-hydroxylation sites is 1. The molecule has 0 atom stereocenters. The molecular formula is C16H13FN4O. The fourth-order valence-corrected chi connectivity index (χ4v) is 2.64. The average molecular weight is 296 g/mol. The first-order valence-corrected chi connectivity index (χ1v) is 6.77. The molecular weight excluding hydrogens is 283 g/mol. The van der Waals surface area contributed by atoms with Crippen molar-refractivity contribution in [1.29, 1.82) is 0 Å². The number of hydrogen-bond acceptors (Lipinski definition) is 5. The lowest BCUT2D eigenvalue weighted by Crippen LogP contribution is -2.42. The van der Waals surface area contributed by atoms with Crippen molar-refractivity contribution < 1.29 is 9.50 Å². The van der Waals surface area contributed by atoms with Gasteiger partial charge in [0.2, 0.25) is 5.88 Å². The monoisotopic (exact) mass is 296 g/mol. The van der Waals surface area contributed by atoms with Gasteiger partial charge in [0.05, 0.1) is 11.4 Å².